The first-order chi connectivity index (χ1) is 11.9. The van der Waals surface area contributed by atoms with Crippen LogP contribution < -0.4 is 15.5 Å². The van der Waals surface area contributed by atoms with Crippen molar-refractivity contribution in [1.29, 1.82) is 0 Å². The van der Waals surface area contributed by atoms with Crippen molar-refractivity contribution in [1.82, 2.24) is 5.32 Å². The van der Waals surface area contributed by atoms with Gasteiger partial charge in [-0.05, 0) is 36.4 Å². The Morgan fingerprint density at radius 3 is 2.60 bits per heavy atom. The number of carbonyl (C=O) groups excluding carboxylic acids is 2. The molecule has 0 unspecified atom stereocenters. The zero-order valence-corrected chi connectivity index (χ0v) is 14.4. The maximum absolute atomic E-state index is 13.0. The lowest BCUT2D eigenvalue weighted by atomic mass is 10.2. The van der Waals surface area contributed by atoms with Crippen LogP contribution in [0.3, 0.4) is 0 Å². The van der Waals surface area contributed by atoms with Gasteiger partial charge >= 0.3 is 6.03 Å². The van der Waals surface area contributed by atoms with Gasteiger partial charge in [-0.1, -0.05) is 29.3 Å². The number of carbonyl (C=O) groups is 2. The lowest BCUT2D eigenvalue weighted by Crippen LogP contribution is -2.39. The van der Waals surface area contributed by atoms with Crippen LogP contribution in [0.25, 0.3) is 0 Å². The van der Waals surface area contributed by atoms with E-state index < -0.39 is 6.03 Å². The molecule has 8 heteroatoms. The molecule has 130 valence electrons. The summed E-state index contributed by atoms with van der Waals surface area (Å²) in [6.45, 7) is 0.307. The lowest BCUT2D eigenvalue weighted by Gasteiger charge is -2.17. The van der Waals surface area contributed by atoms with Crippen LogP contribution in [0.4, 0.5) is 20.6 Å². The number of nitrogens with zero attached hydrogens (tertiary/aromatic N) is 1. The molecule has 2 aromatic rings. The molecule has 3 rings (SSSR count). The molecule has 2 N–H and O–H groups in total. The largest absolute Gasteiger partial charge is 0.333 e. The van der Waals surface area contributed by atoms with Gasteiger partial charge in [-0.25, -0.2) is 9.18 Å². The second kappa shape index (κ2) is 7.29. The highest BCUT2D eigenvalue weighted by molar-refractivity contribution is 6.43. The summed E-state index contributed by atoms with van der Waals surface area (Å²) in [6, 6.07) is 9.69. The molecule has 0 radical (unpaired) electrons. The Balaban J connectivity index is 1.62. The van der Waals surface area contributed by atoms with Crippen LogP contribution in [0.2, 0.25) is 10.0 Å². The van der Waals surface area contributed by atoms with E-state index in [9.17, 15) is 14.0 Å². The summed E-state index contributed by atoms with van der Waals surface area (Å²) >= 11 is 11.9. The van der Waals surface area contributed by atoms with Gasteiger partial charge in [-0.3, -0.25) is 4.79 Å². The van der Waals surface area contributed by atoms with Crippen molar-refractivity contribution >= 4 is 46.5 Å². The molecule has 1 atom stereocenters. The molecule has 0 aliphatic carbocycles. The summed E-state index contributed by atoms with van der Waals surface area (Å²) in [5.41, 5.74) is 0.973. The Labute approximate surface area is 153 Å². The molecule has 1 fully saturated rings. The van der Waals surface area contributed by atoms with Gasteiger partial charge in [0.2, 0.25) is 5.91 Å². The smallest absolute Gasteiger partial charge is 0.319 e. The number of hydrogen-bond acceptors (Lipinski definition) is 2. The number of benzene rings is 2. The van der Waals surface area contributed by atoms with Crippen LogP contribution in [0.1, 0.15) is 6.42 Å². The van der Waals surface area contributed by atoms with E-state index in [-0.39, 0.29) is 29.2 Å². The SMILES string of the molecule is O=C(Nc1cccc(Cl)c1Cl)N[C@@H]1CC(=O)N(c2ccc(F)cc2)C1. The highest BCUT2D eigenvalue weighted by atomic mass is 35.5. The number of hydrogen-bond donors (Lipinski definition) is 2. The molecule has 2 aromatic carbocycles. The summed E-state index contributed by atoms with van der Waals surface area (Å²) < 4.78 is 13.0. The minimum absolute atomic E-state index is 0.141. The summed E-state index contributed by atoms with van der Waals surface area (Å²) in [4.78, 5) is 25.8. The molecule has 0 spiro atoms. The van der Waals surface area contributed by atoms with Crippen LogP contribution in [0.15, 0.2) is 42.5 Å². The third-order valence-corrected chi connectivity index (χ3v) is 4.62. The van der Waals surface area contributed by atoms with Crippen LogP contribution in [0, 0.1) is 5.82 Å². The Morgan fingerprint density at radius 2 is 1.88 bits per heavy atom. The fourth-order valence-corrected chi connectivity index (χ4v) is 2.97. The molecule has 5 nitrogen and oxygen atoms in total. The molecule has 0 saturated carbocycles. The molecule has 1 saturated heterocycles. The number of urea groups is 1. The van der Waals surface area contributed by atoms with Crippen molar-refractivity contribution in [3.05, 3.63) is 58.3 Å². The number of amides is 3. The lowest BCUT2D eigenvalue weighted by molar-refractivity contribution is -0.117. The molecule has 1 heterocycles. The van der Waals surface area contributed by atoms with Gasteiger partial charge in [0, 0.05) is 18.7 Å². The third kappa shape index (κ3) is 4.03. The van der Waals surface area contributed by atoms with Crippen molar-refractivity contribution in [3.8, 4) is 0 Å². The summed E-state index contributed by atoms with van der Waals surface area (Å²) in [5.74, 6) is -0.513. The first kappa shape index (κ1) is 17.5. The minimum atomic E-state index is -0.483. The van der Waals surface area contributed by atoms with E-state index in [1.165, 1.54) is 29.2 Å². The predicted octanol–water partition coefficient (Wildman–Crippen LogP) is 4.06. The summed E-state index contributed by atoms with van der Waals surface area (Å²) in [6.07, 6.45) is 0.161. The standard InChI is InChI=1S/C17H14Cl2FN3O2/c18-13-2-1-3-14(16(13)19)22-17(25)21-11-8-15(24)23(9-11)12-6-4-10(20)5-7-12/h1-7,11H,8-9H2,(H2,21,22,25)/t11-/m1/s1. The highest BCUT2D eigenvalue weighted by Gasteiger charge is 2.31. The van der Waals surface area contributed by atoms with Gasteiger partial charge in [0.1, 0.15) is 5.82 Å². The topological polar surface area (TPSA) is 61.4 Å². The van der Waals surface area contributed by atoms with Crippen LogP contribution >= 0.6 is 23.2 Å². The van der Waals surface area contributed by atoms with Crippen LogP contribution in [-0.2, 0) is 4.79 Å². The molecule has 1 aliphatic heterocycles. The van der Waals surface area contributed by atoms with E-state index in [2.05, 4.69) is 10.6 Å². The second-order valence-corrected chi connectivity index (χ2v) is 6.37. The fraction of sp³-hybridized carbons (Fsp3) is 0.176. The molecule has 1 aliphatic rings. The fourth-order valence-electron chi connectivity index (χ4n) is 2.62. The Morgan fingerprint density at radius 1 is 1.16 bits per heavy atom. The van der Waals surface area contributed by atoms with E-state index in [1.807, 2.05) is 0 Å². The molecular weight excluding hydrogens is 368 g/mol. The van der Waals surface area contributed by atoms with E-state index >= 15 is 0 Å². The van der Waals surface area contributed by atoms with Crippen molar-refractivity contribution in [3.63, 3.8) is 0 Å². The molecular formula is C17H14Cl2FN3O2. The van der Waals surface area contributed by atoms with E-state index in [1.54, 1.807) is 18.2 Å². The Hall–Kier alpha value is -2.31. The number of rotatable bonds is 3. The Kier molecular flexibility index (Phi) is 5.11. The first-order valence-electron chi connectivity index (χ1n) is 7.51. The first-order valence-corrected chi connectivity index (χ1v) is 8.27. The number of halogens is 3. The minimum Gasteiger partial charge on any atom is -0.333 e. The molecule has 0 bridgehead atoms. The van der Waals surface area contributed by atoms with Crippen molar-refractivity contribution in [2.75, 3.05) is 16.8 Å². The normalized spacial score (nSPS) is 16.8. The van der Waals surface area contributed by atoms with Crippen LogP contribution in [-0.4, -0.2) is 24.5 Å². The van der Waals surface area contributed by atoms with Gasteiger partial charge in [0.05, 0.1) is 21.8 Å². The monoisotopic (exact) mass is 381 g/mol. The zero-order chi connectivity index (χ0) is 18.0. The van der Waals surface area contributed by atoms with Gasteiger partial charge < -0.3 is 15.5 Å². The second-order valence-electron chi connectivity index (χ2n) is 5.58. The zero-order valence-electron chi connectivity index (χ0n) is 12.9. The maximum Gasteiger partial charge on any atom is 0.319 e. The average Bonchev–Trinajstić information content (AvgIpc) is 2.93. The predicted molar refractivity (Wildman–Crippen MR) is 95.8 cm³/mol. The third-order valence-electron chi connectivity index (χ3n) is 3.80. The number of anilines is 2. The number of nitrogens with one attached hydrogen (secondary N) is 2. The van der Waals surface area contributed by atoms with E-state index in [4.69, 9.17) is 23.2 Å². The van der Waals surface area contributed by atoms with Gasteiger partial charge in [0.15, 0.2) is 0 Å². The molecule has 0 aromatic heterocycles. The van der Waals surface area contributed by atoms with Crippen LogP contribution in [0.5, 0.6) is 0 Å². The average molecular weight is 382 g/mol. The van der Waals surface area contributed by atoms with Gasteiger partial charge in [-0.15, -0.1) is 0 Å². The van der Waals surface area contributed by atoms with Gasteiger partial charge in [-0.2, -0.15) is 0 Å². The van der Waals surface area contributed by atoms with Gasteiger partial charge in [0.25, 0.3) is 0 Å². The summed E-state index contributed by atoms with van der Waals surface area (Å²) in [7, 11) is 0. The highest BCUT2D eigenvalue weighted by Crippen LogP contribution is 2.29. The van der Waals surface area contributed by atoms with Crippen molar-refractivity contribution < 1.29 is 14.0 Å². The maximum atomic E-state index is 13.0. The molecule has 25 heavy (non-hydrogen) atoms. The van der Waals surface area contributed by atoms with Crippen molar-refractivity contribution in [2.45, 2.75) is 12.5 Å². The Bertz CT molecular complexity index is 814. The van der Waals surface area contributed by atoms with Crippen molar-refractivity contribution in [2.24, 2.45) is 0 Å². The molecule has 3 amide bonds. The van der Waals surface area contributed by atoms with E-state index in [0.29, 0.717) is 22.9 Å². The van der Waals surface area contributed by atoms with E-state index in [0.717, 1.165) is 0 Å². The quantitative estimate of drug-likeness (QED) is 0.841. The summed E-state index contributed by atoms with van der Waals surface area (Å²) in [5, 5.41) is 5.91.